The van der Waals surface area contributed by atoms with Crippen LogP contribution in [0.1, 0.15) is 23.2 Å². The summed E-state index contributed by atoms with van der Waals surface area (Å²) in [6.45, 7) is 0.220. The Hall–Kier alpha value is -2.39. The van der Waals surface area contributed by atoms with E-state index in [0.29, 0.717) is 23.7 Å². The van der Waals surface area contributed by atoms with Gasteiger partial charge in [0.15, 0.2) is 0 Å². The maximum atomic E-state index is 12.2. The molecule has 0 unspecified atom stereocenters. The number of hydrogen-bond donors (Lipinski definition) is 0. The lowest BCUT2D eigenvalue weighted by Crippen LogP contribution is -2.21. The van der Waals surface area contributed by atoms with Crippen molar-refractivity contribution in [1.29, 1.82) is 0 Å². The van der Waals surface area contributed by atoms with Crippen molar-refractivity contribution in [2.45, 2.75) is 33.0 Å². The normalized spacial score (nSPS) is 11.6. The Morgan fingerprint density at radius 3 is 2.65 bits per heavy atom. The van der Waals surface area contributed by atoms with E-state index in [-0.39, 0.29) is 11.3 Å². The molecule has 3 rings (SSSR count). The highest BCUT2D eigenvalue weighted by atomic mass is 32.1. The maximum Gasteiger partial charge on any atom is 0.387 e. The summed E-state index contributed by atoms with van der Waals surface area (Å²) in [5.74, 6) is 0.128. The molecular weight excluding hydrogens is 362 g/mol. The van der Waals surface area contributed by atoms with E-state index >= 15 is 0 Å². The van der Waals surface area contributed by atoms with E-state index in [1.54, 1.807) is 12.1 Å². The molecule has 0 aliphatic rings. The third-order valence-electron chi connectivity index (χ3n) is 3.68. The third kappa shape index (κ3) is 4.41. The molecule has 0 amide bonds. The Labute approximate surface area is 152 Å². The molecule has 0 spiro atoms. The Morgan fingerprint density at radius 2 is 2.00 bits per heavy atom. The first-order valence-corrected chi connectivity index (χ1v) is 8.87. The van der Waals surface area contributed by atoms with Crippen molar-refractivity contribution in [2.24, 2.45) is 0 Å². The number of rotatable bonds is 7. The second-order valence-corrected chi connectivity index (χ2v) is 6.86. The van der Waals surface area contributed by atoms with Crippen molar-refractivity contribution in [3.05, 3.63) is 57.0 Å². The van der Waals surface area contributed by atoms with Gasteiger partial charge in [-0.2, -0.15) is 18.4 Å². The van der Waals surface area contributed by atoms with Crippen LogP contribution < -0.4 is 10.3 Å². The van der Waals surface area contributed by atoms with Gasteiger partial charge in [0.25, 0.3) is 5.56 Å². The summed E-state index contributed by atoms with van der Waals surface area (Å²) in [5.41, 5.74) is 1.42. The fraction of sp³-hybridized carbons (Fsp3) is 0.353. The Kier molecular flexibility index (Phi) is 5.58. The van der Waals surface area contributed by atoms with Crippen LogP contribution in [-0.4, -0.2) is 33.2 Å². The fourth-order valence-electron chi connectivity index (χ4n) is 2.54. The zero-order valence-electron chi connectivity index (χ0n) is 14.4. The molecule has 0 atom stereocenters. The zero-order chi connectivity index (χ0) is 18.7. The Balaban J connectivity index is 1.68. The van der Waals surface area contributed by atoms with E-state index in [1.165, 1.54) is 34.1 Å². The summed E-state index contributed by atoms with van der Waals surface area (Å²) in [7, 11) is 1.90. The number of nitrogens with zero attached hydrogens (tertiary/aromatic N) is 4. The van der Waals surface area contributed by atoms with E-state index in [2.05, 4.69) is 14.8 Å². The van der Waals surface area contributed by atoms with Gasteiger partial charge in [-0.15, -0.1) is 0 Å². The Morgan fingerprint density at radius 1 is 1.27 bits per heavy atom. The molecule has 9 heteroatoms. The van der Waals surface area contributed by atoms with Crippen LogP contribution in [0.25, 0.3) is 4.96 Å². The van der Waals surface area contributed by atoms with Crippen molar-refractivity contribution in [3.8, 4) is 5.75 Å². The summed E-state index contributed by atoms with van der Waals surface area (Å²) in [5, 5.41) is 5.10. The first-order chi connectivity index (χ1) is 12.4. The molecular formula is C17H18F2N4O2S. The number of alkyl halides is 2. The van der Waals surface area contributed by atoms with Gasteiger partial charge in [-0.3, -0.25) is 9.69 Å². The topological polar surface area (TPSA) is 59.7 Å². The summed E-state index contributed by atoms with van der Waals surface area (Å²) in [6.07, 6.45) is 0.758. The SMILES string of the molecule is CCc1nn2c(=O)cc(CN(C)Cc3ccc(OC(F)F)cc3)nc2s1. The van der Waals surface area contributed by atoms with Crippen molar-refractivity contribution < 1.29 is 13.5 Å². The van der Waals surface area contributed by atoms with Crippen LogP contribution >= 0.6 is 11.3 Å². The molecule has 0 fully saturated rings. The molecule has 138 valence electrons. The summed E-state index contributed by atoms with van der Waals surface area (Å²) >= 11 is 1.41. The van der Waals surface area contributed by atoms with Gasteiger partial charge >= 0.3 is 6.61 Å². The molecule has 26 heavy (non-hydrogen) atoms. The molecule has 2 aromatic heterocycles. The predicted molar refractivity (Wildman–Crippen MR) is 94.8 cm³/mol. The first-order valence-electron chi connectivity index (χ1n) is 8.05. The van der Waals surface area contributed by atoms with E-state index < -0.39 is 6.61 Å². The van der Waals surface area contributed by atoms with E-state index in [1.807, 2.05) is 18.9 Å². The number of benzene rings is 1. The van der Waals surface area contributed by atoms with Gasteiger partial charge in [0.1, 0.15) is 10.8 Å². The number of aromatic nitrogens is 3. The number of halogens is 2. The number of fused-ring (bicyclic) bond motifs is 1. The van der Waals surface area contributed by atoms with E-state index in [9.17, 15) is 13.6 Å². The highest BCUT2D eigenvalue weighted by Crippen LogP contribution is 2.17. The predicted octanol–water partition coefficient (Wildman–Crippen LogP) is 2.95. The molecule has 2 heterocycles. The second-order valence-electron chi connectivity index (χ2n) is 5.82. The summed E-state index contributed by atoms with van der Waals surface area (Å²) in [6, 6.07) is 7.97. The second kappa shape index (κ2) is 7.88. The van der Waals surface area contributed by atoms with Gasteiger partial charge in [-0.25, -0.2) is 4.98 Å². The highest BCUT2D eigenvalue weighted by molar-refractivity contribution is 7.16. The average molecular weight is 380 g/mol. The highest BCUT2D eigenvalue weighted by Gasteiger charge is 2.10. The molecule has 0 aliphatic heterocycles. The first kappa shape index (κ1) is 18.4. The van der Waals surface area contributed by atoms with Gasteiger partial charge in [0.05, 0.1) is 5.69 Å². The van der Waals surface area contributed by atoms with E-state index in [4.69, 9.17) is 0 Å². The van der Waals surface area contributed by atoms with Gasteiger partial charge in [0.2, 0.25) is 4.96 Å². The molecule has 6 nitrogen and oxygen atoms in total. The van der Waals surface area contributed by atoms with Crippen molar-refractivity contribution in [3.63, 3.8) is 0 Å². The largest absolute Gasteiger partial charge is 0.435 e. The van der Waals surface area contributed by atoms with Crippen LogP contribution in [0.4, 0.5) is 8.78 Å². The van der Waals surface area contributed by atoms with Crippen LogP contribution in [0.5, 0.6) is 5.75 Å². The van der Waals surface area contributed by atoms with Crippen LogP contribution in [-0.2, 0) is 19.5 Å². The molecule has 0 N–H and O–H groups in total. The molecule has 0 aliphatic carbocycles. The lowest BCUT2D eigenvalue weighted by molar-refractivity contribution is -0.0498. The average Bonchev–Trinajstić information content (AvgIpc) is 3.00. The molecule has 0 saturated carbocycles. The number of aryl methyl sites for hydroxylation is 1. The zero-order valence-corrected chi connectivity index (χ0v) is 15.2. The van der Waals surface area contributed by atoms with Crippen molar-refractivity contribution in [2.75, 3.05) is 7.05 Å². The monoisotopic (exact) mass is 380 g/mol. The smallest absolute Gasteiger partial charge is 0.387 e. The lowest BCUT2D eigenvalue weighted by Gasteiger charge is -2.16. The Bertz CT molecular complexity index is 940. The number of hydrogen-bond acceptors (Lipinski definition) is 6. The molecule has 1 aromatic carbocycles. The third-order valence-corrected chi connectivity index (χ3v) is 4.73. The van der Waals surface area contributed by atoms with Crippen molar-refractivity contribution >= 4 is 16.3 Å². The number of ether oxygens (including phenoxy) is 1. The lowest BCUT2D eigenvalue weighted by atomic mass is 10.2. The molecule has 0 saturated heterocycles. The quantitative estimate of drug-likeness (QED) is 0.631. The van der Waals surface area contributed by atoms with Gasteiger partial charge < -0.3 is 4.74 Å². The maximum absolute atomic E-state index is 12.2. The standard InChI is InChI=1S/C17H18F2N4O2S/c1-3-14-21-23-15(24)8-12(20-17(23)26-14)10-22(2)9-11-4-6-13(7-5-11)25-16(18)19/h4-8,16H,3,9-10H2,1-2H3. The minimum absolute atomic E-state index is 0.128. The van der Waals surface area contributed by atoms with Gasteiger partial charge in [-0.1, -0.05) is 30.4 Å². The summed E-state index contributed by atoms with van der Waals surface area (Å²) in [4.78, 5) is 19.3. The molecule has 0 radical (unpaired) electrons. The van der Waals surface area contributed by atoms with E-state index in [0.717, 1.165) is 17.0 Å². The fourth-order valence-corrected chi connectivity index (χ4v) is 3.40. The minimum atomic E-state index is -2.83. The van der Waals surface area contributed by atoms with Gasteiger partial charge in [-0.05, 0) is 31.2 Å². The van der Waals surface area contributed by atoms with Crippen molar-refractivity contribution in [1.82, 2.24) is 19.5 Å². The van der Waals surface area contributed by atoms with Crippen LogP contribution in [0.15, 0.2) is 35.1 Å². The van der Waals surface area contributed by atoms with Gasteiger partial charge in [0, 0.05) is 19.2 Å². The van der Waals surface area contributed by atoms with Crippen LogP contribution in [0.3, 0.4) is 0 Å². The minimum Gasteiger partial charge on any atom is -0.435 e. The van der Waals surface area contributed by atoms with Crippen LogP contribution in [0.2, 0.25) is 0 Å². The molecule has 3 aromatic rings. The molecule has 0 bridgehead atoms. The van der Waals surface area contributed by atoms with Crippen LogP contribution in [0, 0.1) is 0 Å². The summed E-state index contributed by atoms with van der Waals surface area (Å²) < 4.78 is 30.0.